The van der Waals surface area contributed by atoms with Crippen LogP contribution in [0.3, 0.4) is 0 Å². The minimum atomic E-state index is -0.364. The van der Waals surface area contributed by atoms with Gasteiger partial charge >= 0.3 is 0 Å². The number of aliphatic hydroxyl groups is 1. The van der Waals surface area contributed by atoms with Gasteiger partial charge in [-0.3, -0.25) is 0 Å². The molecule has 1 rings (SSSR count). The third kappa shape index (κ3) is 2.75. The molecule has 1 unspecified atom stereocenters. The quantitative estimate of drug-likeness (QED) is 0.712. The standard InChI is InChI=1S/C11H16OS/c1-8-3-4-9(2)10(7-8)11(12)5-6-13/h3-4,7,11-13H,5-6H2,1-2H3. The lowest BCUT2D eigenvalue weighted by Gasteiger charge is -2.13. The van der Waals surface area contributed by atoms with Crippen LogP contribution < -0.4 is 0 Å². The van der Waals surface area contributed by atoms with Crippen LogP contribution >= 0.6 is 12.6 Å². The second-order valence-corrected chi connectivity index (χ2v) is 3.84. The number of rotatable bonds is 3. The summed E-state index contributed by atoms with van der Waals surface area (Å²) in [5.41, 5.74) is 3.38. The van der Waals surface area contributed by atoms with Crippen molar-refractivity contribution < 1.29 is 5.11 Å². The molecule has 1 N–H and O–H groups in total. The summed E-state index contributed by atoms with van der Waals surface area (Å²) in [6.45, 7) is 4.06. The first-order valence-corrected chi connectivity index (χ1v) is 5.14. The highest BCUT2D eigenvalue weighted by molar-refractivity contribution is 7.80. The van der Waals surface area contributed by atoms with Crippen molar-refractivity contribution in [3.05, 3.63) is 34.9 Å². The number of aryl methyl sites for hydroxylation is 2. The van der Waals surface area contributed by atoms with Crippen molar-refractivity contribution in [2.45, 2.75) is 26.4 Å². The second kappa shape index (κ2) is 4.68. The van der Waals surface area contributed by atoms with E-state index in [0.717, 1.165) is 11.1 Å². The van der Waals surface area contributed by atoms with Gasteiger partial charge in [-0.15, -0.1) is 0 Å². The molecule has 1 aromatic rings. The molecule has 0 heterocycles. The van der Waals surface area contributed by atoms with Crippen LogP contribution in [-0.4, -0.2) is 10.9 Å². The fourth-order valence-electron chi connectivity index (χ4n) is 1.40. The van der Waals surface area contributed by atoms with Gasteiger partial charge in [0.1, 0.15) is 0 Å². The van der Waals surface area contributed by atoms with Gasteiger partial charge in [0.15, 0.2) is 0 Å². The lowest BCUT2D eigenvalue weighted by atomic mass is 9.99. The summed E-state index contributed by atoms with van der Waals surface area (Å²) in [5, 5.41) is 9.78. The van der Waals surface area contributed by atoms with E-state index in [2.05, 4.69) is 18.7 Å². The van der Waals surface area contributed by atoms with Crippen molar-refractivity contribution in [2.75, 3.05) is 5.75 Å². The van der Waals surface area contributed by atoms with Gasteiger partial charge in [-0.25, -0.2) is 0 Å². The van der Waals surface area contributed by atoms with E-state index in [0.29, 0.717) is 12.2 Å². The molecular weight excluding hydrogens is 180 g/mol. The number of aliphatic hydroxyl groups excluding tert-OH is 1. The van der Waals surface area contributed by atoms with Gasteiger partial charge in [0.25, 0.3) is 0 Å². The number of benzene rings is 1. The molecule has 0 aromatic heterocycles. The Labute approximate surface area is 85.2 Å². The van der Waals surface area contributed by atoms with E-state index >= 15 is 0 Å². The third-order valence-corrected chi connectivity index (χ3v) is 2.45. The van der Waals surface area contributed by atoms with Crippen molar-refractivity contribution in [2.24, 2.45) is 0 Å². The molecule has 0 aliphatic carbocycles. The Balaban J connectivity index is 2.91. The maximum Gasteiger partial charge on any atom is 0.0800 e. The molecule has 0 spiro atoms. The second-order valence-electron chi connectivity index (χ2n) is 3.39. The van der Waals surface area contributed by atoms with Crippen molar-refractivity contribution in [1.29, 1.82) is 0 Å². The van der Waals surface area contributed by atoms with Crippen molar-refractivity contribution in [3.8, 4) is 0 Å². The lowest BCUT2D eigenvalue weighted by Crippen LogP contribution is -2.01. The Kier molecular flexibility index (Phi) is 3.82. The van der Waals surface area contributed by atoms with Gasteiger partial charge in [-0.1, -0.05) is 23.8 Å². The van der Waals surface area contributed by atoms with Crippen LogP contribution in [0.5, 0.6) is 0 Å². The monoisotopic (exact) mass is 196 g/mol. The first-order chi connectivity index (χ1) is 6.15. The molecule has 0 aliphatic rings. The zero-order valence-corrected chi connectivity index (χ0v) is 9.01. The van der Waals surface area contributed by atoms with E-state index in [1.165, 1.54) is 5.56 Å². The molecular formula is C11H16OS. The zero-order valence-electron chi connectivity index (χ0n) is 8.12. The van der Waals surface area contributed by atoms with Crippen LogP contribution in [0, 0.1) is 13.8 Å². The van der Waals surface area contributed by atoms with E-state index in [1.807, 2.05) is 26.0 Å². The predicted molar refractivity (Wildman–Crippen MR) is 59.3 cm³/mol. The fraction of sp³-hybridized carbons (Fsp3) is 0.455. The number of thiol groups is 1. The van der Waals surface area contributed by atoms with Crippen LogP contribution in [0.1, 0.15) is 29.2 Å². The third-order valence-electron chi connectivity index (χ3n) is 2.20. The van der Waals surface area contributed by atoms with Crippen LogP contribution in [-0.2, 0) is 0 Å². The molecule has 0 bridgehead atoms. The first-order valence-electron chi connectivity index (χ1n) is 4.51. The molecule has 1 nitrogen and oxygen atoms in total. The first kappa shape index (κ1) is 10.6. The zero-order chi connectivity index (χ0) is 9.84. The number of hydrogen-bond acceptors (Lipinski definition) is 2. The molecule has 0 saturated carbocycles. The minimum Gasteiger partial charge on any atom is -0.388 e. The molecule has 0 radical (unpaired) electrons. The summed E-state index contributed by atoms with van der Waals surface area (Å²) in [5.74, 6) is 0.717. The summed E-state index contributed by atoms with van der Waals surface area (Å²) in [6.07, 6.45) is 0.352. The summed E-state index contributed by atoms with van der Waals surface area (Å²) in [7, 11) is 0. The Morgan fingerprint density at radius 1 is 1.38 bits per heavy atom. The van der Waals surface area contributed by atoms with Gasteiger partial charge < -0.3 is 5.11 Å². The van der Waals surface area contributed by atoms with Crippen LogP contribution in [0.25, 0.3) is 0 Å². The summed E-state index contributed by atoms with van der Waals surface area (Å²) in [6, 6.07) is 6.15. The molecule has 1 atom stereocenters. The fourth-order valence-corrected chi connectivity index (χ4v) is 1.64. The van der Waals surface area contributed by atoms with Gasteiger partial charge in [-0.2, -0.15) is 12.6 Å². The molecule has 0 aliphatic heterocycles. The molecule has 2 heteroatoms. The molecule has 0 fully saturated rings. The molecule has 72 valence electrons. The molecule has 1 aromatic carbocycles. The van der Waals surface area contributed by atoms with E-state index in [9.17, 15) is 5.11 Å². The maximum absolute atomic E-state index is 9.78. The minimum absolute atomic E-state index is 0.364. The van der Waals surface area contributed by atoms with Crippen LogP contribution in [0.2, 0.25) is 0 Å². The predicted octanol–water partition coefficient (Wildman–Crippen LogP) is 2.66. The Morgan fingerprint density at radius 3 is 2.69 bits per heavy atom. The summed E-state index contributed by atoms with van der Waals surface area (Å²) in [4.78, 5) is 0. The SMILES string of the molecule is Cc1ccc(C)c(C(O)CCS)c1. The van der Waals surface area contributed by atoms with E-state index in [1.54, 1.807) is 0 Å². The highest BCUT2D eigenvalue weighted by Gasteiger charge is 2.08. The van der Waals surface area contributed by atoms with Crippen molar-refractivity contribution in [3.63, 3.8) is 0 Å². The maximum atomic E-state index is 9.78. The summed E-state index contributed by atoms with van der Waals surface area (Å²) < 4.78 is 0. The normalized spacial score (nSPS) is 12.9. The molecule has 0 saturated heterocycles. The average Bonchev–Trinajstić information content (AvgIpc) is 2.09. The van der Waals surface area contributed by atoms with E-state index < -0.39 is 0 Å². The van der Waals surface area contributed by atoms with E-state index in [-0.39, 0.29) is 6.10 Å². The van der Waals surface area contributed by atoms with Crippen LogP contribution in [0.15, 0.2) is 18.2 Å². The molecule has 0 amide bonds. The van der Waals surface area contributed by atoms with E-state index in [4.69, 9.17) is 0 Å². The highest BCUT2D eigenvalue weighted by atomic mass is 32.1. The molecule has 13 heavy (non-hydrogen) atoms. The van der Waals surface area contributed by atoms with Gasteiger partial charge in [0, 0.05) is 0 Å². The van der Waals surface area contributed by atoms with Crippen molar-refractivity contribution in [1.82, 2.24) is 0 Å². The Hall–Kier alpha value is -0.470. The highest BCUT2D eigenvalue weighted by Crippen LogP contribution is 2.21. The lowest BCUT2D eigenvalue weighted by molar-refractivity contribution is 0.174. The number of hydrogen-bond donors (Lipinski definition) is 2. The van der Waals surface area contributed by atoms with Gasteiger partial charge in [-0.05, 0) is 37.1 Å². The average molecular weight is 196 g/mol. The Morgan fingerprint density at radius 2 is 2.08 bits per heavy atom. The van der Waals surface area contributed by atoms with Crippen molar-refractivity contribution >= 4 is 12.6 Å². The summed E-state index contributed by atoms with van der Waals surface area (Å²) >= 11 is 4.11. The topological polar surface area (TPSA) is 20.2 Å². The largest absolute Gasteiger partial charge is 0.388 e. The van der Waals surface area contributed by atoms with Gasteiger partial charge in [0.2, 0.25) is 0 Å². The smallest absolute Gasteiger partial charge is 0.0800 e. The van der Waals surface area contributed by atoms with Gasteiger partial charge in [0.05, 0.1) is 6.10 Å². The Bertz CT molecular complexity index is 283. The van der Waals surface area contributed by atoms with Crippen LogP contribution in [0.4, 0.5) is 0 Å².